The SMILES string of the molecule is CCOc1ccc2c(c1)C(=N)N(CC(=O)c1cc(OCCCCN)c(O)c(C(C)(C)C)c1)C2. The number of nitrogens with zero attached hydrogens (tertiary/aromatic N) is 1. The molecule has 0 saturated heterocycles. The number of fused-ring (bicyclic) bond motifs is 1. The van der Waals surface area contributed by atoms with E-state index in [-0.39, 0.29) is 23.5 Å². The minimum absolute atomic E-state index is 0.0663. The molecule has 0 spiro atoms. The van der Waals surface area contributed by atoms with E-state index in [1.807, 2.05) is 45.9 Å². The van der Waals surface area contributed by atoms with Crippen molar-refractivity contribution in [3.8, 4) is 17.2 Å². The Balaban J connectivity index is 1.82. The molecular formula is C26H35N3O4. The third kappa shape index (κ3) is 5.66. The van der Waals surface area contributed by atoms with Crippen LogP contribution in [0.2, 0.25) is 0 Å². The fourth-order valence-corrected chi connectivity index (χ4v) is 3.90. The number of hydrogen-bond donors (Lipinski definition) is 3. The first-order valence-electron chi connectivity index (χ1n) is 11.5. The number of unbranched alkanes of at least 4 members (excludes halogenated alkanes) is 1. The van der Waals surface area contributed by atoms with E-state index in [0.29, 0.717) is 49.0 Å². The second-order valence-electron chi connectivity index (χ2n) is 9.34. The second kappa shape index (κ2) is 10.3. The second-order valence-corrected chi connectivity index (χ2v) is 9.34. The number of phenolic OH excluding ortho intramolecular Hbond substituents is 1. The summed E-state index contributed by atoms with van der Waals surface area (Å²) < 4.78 is 11.4. The number of phenols is 1. The quantitative estimate of drug-likeness (QED) is 0.367. The van der Waals surface area contributed by atoms with E-state index in [0.717, 1.165) is 29.7 Å². The van der Waals surface area contributed by atoms with Crippen LogP contribution < -0.4 is 15.2 Å². The van der Waals surface area contributed by atoms with E-state index < -0.39 is 0 Å². The van der Waals surface area contributed by atoms with E-state index in [9.17, 15) is 9.90 Å². The normalized spacial score (nSPS) is 13.2. The molecule has 33 heavy (non-hydrogen) atoms. The Morgan fingerprint density at radius 3 is 2.61 bits per heavy atom. The third-order valence-electron chi connectivity index (χ3n) is 5.72. The van der Waals surface area contributed by atoms with Gasteiger partial charge in [0.05, 0.1) is 19.8 Å². The molecular weight excluding hydrogens is 418 g/mol. The van der Waals surface area contributed by atoms with Gasteiger partial charge in [0.25, 0.3) is 0 Å². The van der Waals surface area contributed by atoms with Crippen LogP contribution in [0, 0.1) is 5.41 Å². The zero-order valence-electron chi connectivity index (χ0n) is 20.0. The number of nitrogens with one attached hydrogen (secondary N) is 1. The summed E-state index contributed by atoms with van der Waals surface area (Å²) in [7, 11) is 0. The van der Waals surface area contributed by atoms with Gasteiger partial charge in [-0.2, -0.15) is 0 Å². The Morgan fingerprint density at radius 2 is 1.94 bits per heavy atom. The van der Waals surface area contributed by atoms with Gasteiger partial charge in [-0.25, -0.2) is 0 Å². The molecule has 7 heteroatoms. The molecule has 0 radical (unpaired) electrons. The highest BCUT2D eigenvalue weighted by atomic mass is 16.5. The van der Waals surface area contributed by atoms with E-state index in [2.05, 4.69) is 0 Å². The minimum Gasteiger partial charge on any atom is -0.504 e. The molecule has 0 saturated carbocycles. The van der Waals surface area contributed by atoms with Crippen LogP contribution in [0.15, 0.2) is 30.3 Å². The number of hydrogen-bond acceptors (Lipinski definition) is 6. The average Bonchev–Trinajstić information content (AvgIpc) is 3.06. The Hall–Kier alpha value is -3.06. The van der Waals surface area contributed by atoms with Crippen molar-refractivity contribution >= 4 is 11.6 Å². The maximum Gasteiger partial charge on any atom is 0.182 e. The number of carbonyl (C=O) groups excluding carboxylic acids is 1. The number of nitrogens with two attached hydrogens (primary N) is 1. The summed E-state index contributed by atoms with van der Waals surface area (Å²) in [5, 5.41) is 19.3. The Kier molecular flexibility index (Phi) is 7.64. The van der Waals surface area contributed by atoms with Gasteiger partial charge in [0, 0.05) is 23.2 Å². The number of ether oxygens (including phenoxy) is 2. The first-order chi connectivity index (χ1) is 15.7. The molecule has 1 aliphatic heterocycles. The van der Waals surface area contributed by atoms with Crippen LogP contribution in [0.5, 0.6) is 17.2 Å². The van der Waals surface area contributed by atoms with Gasteiger partial charge < -0.3 is 25.2 Å². The van der Waals surface area contributed by atoms with Crippen LogP contribution >= 0.6 is 0 Å². The fourth-order valence-electron chi connectivity index (χ4n) is 3.90. The van der Waals surface area contributed by atoms with Crippen LogP contribution in [0.1, 0.15) is 67.6 Å². The minimum atomic E-state index is -0.373. The number of amidine groups is 1. The summed E-state index contributed by atoms with van der Waals surface area (Å²) in [5.41, 5.74) is 8.09. The van der Waals surface area contributed by atoms with Crippen molar-refractivity contribution in [3.63, 3.8) is 0 Å². The summed E-state index contributed by atoms with van der Waals surface area (Å²) in [6.07, 6.45) is 1.60. The van der Waals surface area contributed by atoms with Crippen molar-refractivity contribution in [3.05, 3.63) is 52.6 Å². The number of carbonyl (C=O) groups is 1. The van der Waals surface area contributed by atoms with Crippen LogP contribution in [0.4, 0.5) is 0 Å². The van der Waals surface area contributed by atoms with Crippen molar-refractivity contribution in [2.24, 2.45) is 5.73 Å². The molecule has 0 amide bonds. The van der Waals surface area contributed by atoms with Gasteiger partial charge in [-0.05, 0) is 61.6 Å². The molecule has 0 aromatic heterocycles. The van der Waals surface area contributed by atoms with Crippen molar-refractivity contribution in [1.29, 1.82) is 5.41 Å². The predicted octanol–water partition coefficient (Wildman–Crippen LogP) is 4.23. The first-order valence-corrected chi connectivity index (χ1v) is 11.5. The number of rotatable bonds is 10. The molecule has 0 aliphatic carbocycles. The Bertz CT molecular complexity index is 1030. The lowest BCUT2D eigenvalue weighted by molar-refractivity contribution is 0.0962. The summed E-state index contributed by atoms with van der Waals surface area (Å²) in [6.45, 7) is 9.99. The van der Waals surface area contributed by atoms with Crippen LogP contribution in [0.25, 0.3) is 0 Å². The van der Waals surface area contributed by atoms with Crippen molar-refractivity contribution in [1.82, 2.24) is 4.90 Å². The molecule has 0 bridgehead atoms. The maximum atomic E-state index is 13.3. The first kappa shape index (κ1) is 24.6. The van der Waals surface area contributed by atoms with Crippen LogP contribution in [-0.2, 0) is 12.0 Å². The maximum absolute atomic E-state index is 13.3. The monoisotopic (exact) mass is 453 g/mol. The average molecular weight is 454 g/mol. The van der Waals surface area contributed by atoms with Crippen molar-refractivity contribution < 1.29 is 19.4 Å². The molecule has 4 N–H and O–H groups in total. The zero-order chi connectivity index (χ0) is 24.2. The Labute approximate surface area is 196 Å². The van der Waals surface area contributed by atoms with Crippen LogP contribution in [0.3, 0.4) is 0 Å². The summed E-state index contributed by atoms with van der Waals surface area (Å²) in [6, 6.07) is 9.05. The third-order valence-corrected chi connectivity index (χ3v) is 5.72. The van der Waals surface area contributed by atoms with E-state index in [1.54, 1.807) is 17.0 Å². The van der Waals surface area contributed by atoms with Gasteiger partial charge in [-0.1, -0.05) is 26.8 Å². The predicted molar refractivity (Wildman–Crippen MR) is 130 cm³/mol. The molecule has 0 fully saturated rings. The standard InChI is InChI=1S/C26H35N3O4/c1-5-32-19-9-8-17-15-29(25(28)20(17)14-19)16-22(30)18-12-21(26(2,3)4)24(31)23(13-18)33-11-7-6-10-27/h8-9,12-14,28,31H,5-7,10-11,15-16,27H2,1-4H3. The Morgan fingerprint density at radius 1 is 1.18 bits per heavy atom. The zero-order valence-corrected chi connectivity index (χ0v) is 20.0. The summed E-state index contributed by atoms with van der Waals surface area (Å²) in [5.74, 6) is 1.28. The smallest absolute Gasteiger partial charge is 0.182 e. The molecule has 2 aromatic carbocycles. The van der Waals surface area contributed by atoms with E-state index in [1.165, 1.54) is 0 Å². The lowest BCUT2D eigenvalue weighted by Gasteiger charge is -2.24. The fraction of sp³-hybridized carbons (Fsp3) is 0.462. The molecule has 178 valence electrons. The van der Waals surface area contributed by atoms with Crippen molar-refractivity contribution in [2.75, 3.05) is 26.3 Å². The highest BCUT2D eigenvalue weighted by Gasteiger charge is 2.28. The van der Waals surface area contributed by atoms with Gasteiger partial charge in [0.1, 0.15) is 11.6 Å². The van der Waals surface area contributed by atoms with E-state index in [4.69, 9.17) is 20.6 Å². The summed E-state index contributed by atoms with van der Waals surface area (Å²) >= 11 is 0. The molecule has 2 aromatic rings. The van der Waals surface area contributed by atoms with Crippen LogP contribution in [-0.4, -0.2) is 47.9 Å². The molecule has 0 unspecified atom stereocenters. The topological polar surface area (TPSA) is 109 Å². The van der Waals surface area contributed by atoms with Gasteiger partial charge in [0.15, 0.2) is 17.3 Å². The number of ketones is 1. The number of aromatic hydroxyl groups is 1. The van der Waals surface area contributed by atoms with Gasteiger partial charge in [0.2, 0.25) is 0 Å². The largest absolute Gasteiger partial charge is 0.504 e. The number of Topliss-reactive ketones (excluding diaryl/α,β-unsaturated/α-hetero) is 1. The lowest BCUT2D eigenvalue weighted by atomic mass is 9.84. The molecule has 1 heterocycles. The molecule has 0 atom stereocenters. The molecule has 1 aliphatic rings. The van der Waals surface area contributed by atoms with Gasteiger partial charge in [-0.3, -0.25) is 10.2 Å². The van der Waals surface area contributed by atoms with Crippen molar-refractivity contribution in [2.45, 2.75) is 52.5 Å². The molecule has 3 rings (SSSR count). The highest BCUT2D eigenvalue weighted by Crippen LogP contribution is 2.39. The lowest BCUT2D eigenvalue weighted by Crippen LogP contribution is -2.30. The van der Waals surface area contributed by atoms with Gasteiger partial charge >= 0.3 is 0 Å². The van der Waals surface area contributed by atoms with E-state index >= 15 is 0 Å². The number of benzene rings is 2. The molecule has 7 nitrogen and oxygen atoms in total. The van der Waals surface area contributed by atoms with Gasteiger partial charge in [-0.15, -0.1) is 0 Å². The summed E-state index contributed by atoms with van der Waals surface area (Å²) in [4.78, 5) is 15.0. The highest BCUT2D eigenvalue weighted by molar-refractivity contribution is 6.05.